The Bertz CT molecular complexity index is 231. The summed E-state index contributed by atoms with van der Waals surface area (Å²) in [6.45, 7) is 8.04. The number of carbonyl (C=O) groups is 2. The first-order valence-corrected chi connectivity index (χ1v) is 5.98. The molecule has 0 saturated carbocycles. The van der Waals surface area contributed by atoms with Crippen LogP contribution in [-0.2, 0) is 9.59 Å². The number of hydrogen-bond donors (Lipinski definition) is 1. The van der Waals surface area contributed by atoms with E-state index in [2.05, 4.69) is 26.1 Å². The summed E-state index contributed by atoms with van der Waals surface area (Å²) in [6.07, 6.45) is 3.18. The molecule has 0 aliphatic carbocycles. The third-order valence-electron chi connectivity index (χ3n) is 3.13. The van der Waals surface area contributed by atoms with E-state index in [1.807, 2.05) is 6.92 Å². The molecule has 94 valence electrons. The highest BCUT2D eigenvalue weighted by atomic mass is 16.1. The van der Waals surface area contributed by atoms with Crippen LogP contribution in [0.2, 0.25) is 0 Å². The number of likely N-dealkylation sites (N-methyl/N-ethyl adjacent to an activating group) is 1. The van der Waals surface area contributed by atoms with Crippen LogP contribution in [0.25, 0.3) is 0 Å². The summed E-state index contributed by atoms with van der Waals surface area (Å²) in [5.41, 5.74) is -0.000575. The average molecular weight is 227 g/mol. The Morgan fingerprint density at radius 2 is 1.94 bits per heavy atom. The number of hydrogen-bond acceptors (Lipinski definition) is 3. The van der Waals surface area contributed by atoms with E-state index < -0.39 is 0 Å². The van der Waals surface area contributed by atoms with Crippen molar-refractivity contribution in [1.29, 1.82) is 0 Å². The third-order valence-corrected chi connectivity index (χ3v) is 3.13. The lowest BCUT2D eigenvalue weighted by Crippen LogP contribution is -2.30. The van der Waals surface area contributed by atoms with E-state index in [1.165, 1.54) is 0 Å². The number of aldehydes is 1. The highest BCUT2D eigenvalue weighted by Crippen LogP contribution is 2.28. The molecule has 3 heteroatoms. The molecule has 0 aromatic carbocycles. The molecule has 0 aromatic rings. The van der Waals surface area contributed by atoms with Gasteiger partial charge in [0.05, 0.1) is 6.04 Å². The van der Waals surface area contributed by atoms with Gasteiger partial charge in [-0.15, -0.1) is 0 Å². The Kier molecular flexibility index (Phi) is 6.49. The van der Waals surface area contributed by atoms with Crippen molar-refractivity contribution in [3.63, 3.8) is 0 Å². The number of nitrogens with one attached hydrogen (secondary N) is 1. The van der Waals surface area contributed by atoms with Gasteiger partial charge in [0, 0.05) is 12.3 Å². The van der Waals surface area contributed by atoms with Crippen molar-refractivity contribution in [2.45, 2.75) is 53.0 Å². The molecule has 0 amide bonds. The maximum absolute atomic E-state index is 11.5. The Labute approximate surface area is 99.0 Å². The van der Waals surface area contributed by atoms with Crippen molar-refractivity contribution < 1.29 is 9.59 Å². The predicted molar refractivity (Wildman–Crippen MR) is 66.4 cm³/mol. The van der Waals surface area contributed by atoms with E-state index in [4.69, 9.17) is 0 Å². The Hall–Kier alpha value is -0.700. The van der Waals surface area contributed by atoms with Crippen LogP contribution in [0.15, 0.2) is 0 Å². The van der Waals surface area contributed by atoms with Gasteiger partial charge in [0.1, 0.15) is 12.1 Å². The normalized spacial score (nSPS) is 15.6. The monoisotopic (exact) mass is 227 g/mol. The zero-order valence-corrected chi connectivity index (χ0v) is 11.2. The van der Waals surface area contributed by atoms with E-state index in [9.17, 15) is 9.59 Å². The second kappa shape index (κ2) is 6.79. The van der Waals surface area contributed by atoms with Gasteiger partial charge in [0.25, 0.3) is 0 Å². The quantitative estimate of drug-likeness (QED) is 0.678. The Balaban J connectivity index is 3.97. The molecule has 0 spiro atoms. The van der Waals surface area contributed by atoms with Gasteiger partial charge in [-0.3, -0.25) is 4.79 Å². The number of ketones is 1. The Morgan fingerprint density at radius 1 is 1.38 bits per heavy atom. The van der Waals surface area contributed by atoms with Gasteiger partial charge >= 0.3 is 0 Å². The molecule has 0 heterocycles. The summed E-state index contributed by atoms with van der Waals surface area (Å²) < 4.78 is 0. The van der Waals surface area contributed by atoms with E-state index >= 15 is 0 Å². The molecule has 1 N–H and O–H groups in total. The molecule has 0 aliphatic rings. The number of Topliss-reactive ketones (excluding diaryl/α,β-unsaturated/α-hetero) is 1. The zero-order valence-electron chi connectivity index (χ0n) is 11.2. The molecule has 0 aromatic heterocycles. The van der Waals surface area contributed by atoms with E-state index in [0.717, 1.165) is 19.1 Å². The zero-order chi connectivity index (χ0) is 12.8. The smallest absolute Gasteiger partial charge is 0.149 e. The van der Waals surface area contributed by atoms with Crippen LogP contribution in [0.1, 0.15) is 47.0 Å². The maximum atomic E-state index is 11.5. The first-order chi connectivity index (χ1) is 7.32. The van der Waals surface area contributed by atoms with Crippen molar-refractivity contribution in [2.24, 2.45) is 11.3 Å². The fourth-order valence-electron chi connectivity index (χ4n) is 1.58. The fraction of sp³-hybridized carbons (Fsp3) is 0.846. The predicted octanol–water partition coefficient (Wildman–Crippen LogP) is 2.19. The molecule has 0 aliphatic heterocycles. The maximum Gasteiger partial charge on any atom is 0.149 e. The van der Waals surface area contributed by atoms with E-state index in [-0.39, 0.29) is 23.2 Å². The summed E-state index contributed by atoms with van der Waals surface area (Å²) in [7, 11) is 1.78. The standard InChI is InChI=1S/C13H25NO2/c1-10(14-5)12(16)8-6-7-11(9-15)13(2,3)4/h9-11,14H,6-8H2,1-5H3/t10?,11-/m1/s1. The van der Waals surface area contributed by atoms with Gasteiger partial charge in [0.15, 0.2) is 0 Å². The van der Waals surface area contributed by atoms with Crippen LogP contribution in [-0.4, -0.2) is 25.2 Å². The largest absolute Gasteiger partial charge is 0.311 e. The molecule has 0 radical (unpaired) electrons. The average Bonchev–Trinajstić information content (AvgIpc) is 2.20. The van der Waals surface area contributed by atoms with Gasteiger partial charge in [-0.2, -0.15) is 0 Å². The van der Waals surface area contributed by atoms with Crippen molar-refractivity contribution in [3.05, 3.63) is 0 Å². The summed E-state index contributed by atoms with van der Waals surface area (Å²) in [6, 6.07) is -0.0793. The van der Waals surface area contributed by atoms with Gasteiger partial charge < -0.3 is 10.1 Å². The summed E-state index contributed by atoms with van der Waals surface area (Å²) in [5.74, 6) is 0.270. The highest BCUT2D eigenvalue weighted by molar-refractivity contribution is 5.83. The summed E-state index contributed by atoms with van der Waals surface area (Å²) in [4.78, 5) is 22.5. The molecule has 0 bridgehead atoms. The molecule has 0 fully saturated rings. The van der Waals surface area contributed by atoms with Crippen molar-refractivity contribution in [1.82, 2.24) is 5.32 Å². The number of rotatable bonds is 7. The van der Waals surface area contributed by atoms with E-state index in [0.29, 0.717) is 6.42 Å². The van der Waals surface area contributed by atoms with Gasteiger partial charge in [0.2, 0.25) is 0 Å². The second-order valence-corrected chi connectivity index (χ2v) is 5.48. The van der Waals surface area contributed by atoms with Gasteiger partial charge in [-0.25, -0.2) is 0 Å². The molecule has 3 nitrogen and oxygen atoms in total. The minimum absolute atomic E-state index is 0.000575. The van der Waals surface area contributed by atoms with Crippen LogP contribution in [0.4, 0.5) is 0 Å². The van der Waals surface area contributed by atoms with Crippen LogP contribution in [0.3, 0.4) is 0 Å². The van der Waals surface area contributed by atoms with Gasteiger partial charge in [-0.1, -0.05) is 20.8 Å². The minimum Gasteiger partial charge on any atom is -0.311 e. The molecule has 16 heavy (non-hydrogen) atoms. The van der Waals surface area contributed by atoms with Crippen molar-refractivity contribution in [2.75, 3.05) is 7.05 Å². The fourth-order valence-corrected chi connectivity index (χ4v) is 1.58. The lowest BCUT2D eigenvalue weighted by atomic mass is 9.78. The molecule has 0 saturated heterocycles. The third kappa shape index (κ3) is 5.40. The molecular formula is C13H25NO2. The lowest BCUT2D eigenvalue weighted by molar-refractivity contribution is -0.121. The highest BCUT2D eigenvalue weighted by Gasteiger charge is 2.23. The van der Waals surface area contributed by atoms with Gasteiger partial charge in [-0.05, 0) is 32.2 Å². The molecule has 1 unspecified atom stereocenters. The molecule has 2 atom stereocenters. The minimum atomic E-state index is -0.0793. The first kappa shape index (κ1) is 15.3. The van der Waals surface area contributed by atoms with Crippen molar-refractivity contribution in [3.8, 4) is 0 Å². The first-order valence-electron chi connectivity index (χ1n) is 5.98. The van der Waals surface area contributed by atoms with E-state index in [1.54, 1.807) is 7.05 Å². The molecule has 0 rings (SSSR count). The second-order valence-electron chi connectivity index (χ2n) is 5.48. The van der Waals surface area contributed by atoms with Crippen LogP contribution in [0.5, 0.6) is 0 Å². The van der Waals surface area contributed by atoms with Crippen LogP contribution < -0.4 is 5.32 Å². The lowest BCUT2D eigenvalue weighted by Gasteiger charge is -2.25. The SMILES string of the molecule is CNC(C)C(=O)CCC[C@H](C=O)C(C)(C)C. The topological polar surface area (TPSA) is 46.2 Å². The van der Waals surface area contributed by atoms with Crippen molar-refractivity contribution >= 4 is 12.1 Å². The summed E-state index contributed by atoms with van der Waals surface area (Å²) in [5, 5.41) is 2.93. The van der Waals surface area contributed by atoms with Crippen LogP contribution >= 0.6 is 0 Å². The number of carbonyl (C=O) groups excluding carboxylic acids is 2. The van der Waals surface area contributed by atoms with Crippen LogP contribution in [0, 0.1) is 11.3 Å². The summed E-state index contributed by atoms with van der Waals surface area (Å²) >= 11 is 0. The Morgan fingerprint density at radius 3 is 2.31 bits per heavy atom. The molecular weight excluding hydrogens is 202 g/mol.